The number of hydrogen-bond acceptors (Lipinski definition) is 2. The van der Waals surface area contributed by atoms with Crippen LogP contribution in [0.25, 0.3) is 5.65 Å². The molecule has 1 fully saturated rings. The van der Waals surface area contributed by atoms with Crippen LogP contribution < -0.4 is 0 Å². The van der Waals surface area contributed by atoms with Crippen LogP contribution in [-0.2, 0) is 6.18 Å². The van der Waals surface area contributed by atoms with Gasteiger partial charge in [-0.2, -0.15) is 13.2 Å². The molecule has 112 valence electrons. The number of fused-ring (bicyclic) bond motifs is 1. The van der Waals surface area contributed by atoms with Crippen molar-refractivity contribution < 1.29 is 18.0 Å². The molecule has 0 bridgehead atoms. The van der Waals surface area contributed by atoms with Gasteiger partial charge in [0.05, 0.1) is 11.3 Å². The second kappa shape index (κ2) is 4.75. The van der Waals surface area contributed by atoms with E-state index in [1.165, 1.54) is 10.5 Å². The molecule has 0 atom stereocenters. The Labute approximate surface area is 119 Å². The zero-order chi connectivity index (χ0) is 15.2. The van der Waals surface area contributed by atoms with Crippen molar-refractivity contribution in [2.45, 2.75) is 25.9 Å². The van der Waals surface area contributed by atoms with E-state index >= 15 is 0 Å². The summed E-state index contributed by atoms with van der Waals surface area (Å²) in [4.78, 5) is 18.3. The third-order valence-electron chi connectivity index (χ3n) is 3.72. The van der Waals surface area contributed by atoms with Gasteiger partial charge in [-0.15, -0.1) is 0 Å². The first-order chi connectivity index (χ1) is 9.88. The van der Waals surface area contributed by atoms with E-state index in [0.29, 0.717) is 24.4 Å². The minimum Gasteiger partial charge on any atom is -0.337 e. The molecule has 0 unspecified atom stereocenters. The molecule has 2 aromatic heterocycles. The molecule has 3 heterocycles. The Balaban J connectivity index is 2.12. The number of likely N-dealkylation sites (tertiary alicyclic amines) is 1. The van der Waals surface area contributed by atoms with Gasteiger partial charge in [0.15, 0.2) is 0 Å². The third-order valence-corrected chi connectivity index (χ3v) is 3.72. The Kier molecular flexibility index (Phi) is 3.15. The van der Waals surface area contributed by atoms with E-state index in [2.05, 4.69) is 4.98 Å². The van der Waals surface area contributed by atoms with Gasteiger partial charge in [-0.25, -0.2) is 4.98 Å². The number of carbonyl (C=O) groups excluding carboxylic acids is 1. The number of nitrogens with zero attached hydrogens (tertiary/aromatic N) is 3. The van der Waals surface area contributed by atoms with Crippen LogP contribution in [0.1, 0.15) is 34.6 Å². The number of aryl methyl sites for hydroxylation is 1. The first-order valence-electron chi connectivity index (χ1n) is 6.73. The van der Waals surface area contributed by atoms with Gasteiger partial charge in [0, 0.05) is 19.3 Å². The lowest BCUT2D eigenvalue weighted by molar-refractivity contribution is -0.137. The molecule has 0 N–H and O–H groups in total. The molecule has 0 radical (unpaired) electrons. The lowest BCUT2D eigenvalue weighted by Gasteiger charge is -2.15. The molecule has 21 heavy (non-hydrogen) atoms. The van der Waals surface area contributed by atoms with Crippen molar-refractivity contribution in [3.63, 3.8) is 0 Å². The second-order valence-corrected chi connectivity index (χ2v) is 5.19. The summed E-state index contributed by atoms with van der Waals surface area (Å²) in [5.74, 6) is -0.253. The minimum atomic E-state index is -4.44. The van der Waals surface area contributed by atoms with E-state index in [9.17, 15) is 18.0 Å². The number of aromatic nitrogens is 2. The predicted octanol–water partition coefficient (Wildman–Crippen LogP) is 2.90. The lowest BCUT2D eigenvalue weighted by Crippen LogP contribution is -2.29. The van der Waals surface area contributed by atoms with Crippen molar-refractivity contribution in [3.05, 3.63) is 35.3 Å². The summed E-state index contributed by atoms with van der Waals surface area (Å²) in [5, 5.41) is 0. The number of imidazole rings is 1. The predicted molar refractivity (Wildman–Crippen MR) is 70.1 cm³/mol. The average Bonchev–Trinajstić information content (AvgIpc) is 3.02. The largest absolute Gasteiger partial charge is 0.417 e. The number of pyridine rings is 1. The van der Waals surface area contributed by atoms with Crippen LogP contribution >= 0.6 is 0 Å². The third kappa shape index (κ3) is 2.36. The topological polar surface area (TPSA) is 37.6 Å². The molecule has 0 aromatic carbocycles. The lowest BCUT2D eigenvalue weighted by atomic mass is 10.2. The number of hydrogen-bond donors (Lipinski definition) is 0. The highest BCUT2D eigenvalue weighted by Gasteiger charge is 2.32. The monoisotopic (exact) mass is 297 g/mol. The van der Waals surface area contributed by atoms with Gasteiger partial charge in [0.2, 0.25) is 0 Å². The number of carbonyl (C=O) groups is 1. The second-order valence-electron chi connectivity index (χ2n) is 5.19. The molecule has 0 spiro atoms. The molecular weight excluding hydrogens is 283 g/mol. The number of alkyl halides is 3. The SMILES string of the molecule is Cc1nc2ccc(C(F)(F)F)cn2c1C(=O)N1CCCC1. The number of rotatable bonds is 1. The zero-order valence-corrected chi connectivity index (χ0v) is 11.4. The summed E-state index contributed by atoms with van der Waals surface area (Å²) < 4.78 is 39.7. The van der Waals surface area contributed by atoms with Gasteiger partial charge in [-0.05, 0) is 31.9 Å². The summed E-state index contributed by atoms with van der Waals surface area (Å²) in [6.07, 6.45) is -1.65. The molecule has 1 aliphatic rings. The molecule has 0 aliphatic carbocycles. The van der Waals surface area contributed by atoms with Gasteiger partial charge in [0.25, 0.3) is 5.91 Å². The van der Waals surface area contributed by atoms with E-state index in [1.54, 1.807) is 11.8 Å². The average molecular weight is 297 g/mol. The van der Waals surface area contributed by atoms with Crippen LogP contribution in [0.2, 0.25) is 0 Å². The maximum Gasteiger partial charge on any atom is 0.417 e. The molecule has 7 heteroatoms. The Morgan fingerprint density at radius 2 is 1.90 bits per heavy atom. The fourth-order valence-corrected chi connectivity index (χ4v) is 2.66. The molecular formula is C14H14F3N3O. The van der Waals surface area contributed by atoms with E-state index in [0.717, 1.165) is 25.1 Å². The Morgan fingerprint density at radius 3 is 2.52 bits per heavy atom. The van der Waals surface area contributed by atoms with Gasteiger partial charge in [-0.3, -0.25) is 9.20 Å². The van der Waals surface area contributed by atoms with E-state index < -0.39 is 11.7 Å². The van der Waals surface area contributed by atoms with Crippen molar-refractivity contribution in [2.24, 2.45) is 0 Å². The zero-order valence-electron chi connectivity index (χ0n) is 11.4. The van der Waals surface area contributed by atoms with Crippen LogP contribution in [-0.4, -0.2) is 33.3 Å². The van der Waals surface area contributed by atoms with Crippen LogP contribution in [0.3, 0.4) is 0 Å². The summed E-state index contributed by atoms with van der Waals surface area (Å²) in [5.41, 5.74) is 0.232. The number of amides is 1. The van der Waals surface area contributed by atoms with Gasteiger partial charge in [-0.1, -0.05) is 0 Å². The normalized spacial score (nSPS) is 15.9. The summed E-state index contributed by atoms with van der Waals surface area (Å²) in [6.45, 7) is 2.93. The van der Waals surface area contributed by atoms with Crippen molar-refractivity contribution in [2.75, 3.05) is 13.1 Å². The maximum absolute atomic E-state index is 12.8. The van der Waals surface area contributed by atoms with Crippen LogP contribution in [0, 0.1) is 6.92 Å². The van der Waals surface area contributed by atoms with Crippen LogP contribution in [0.15, 0.2) is 18.3 Å². The molecule has 1 saturated heterocycles. The van der Waals surface area contributed by atoms with Gasteiger partial charge < -0.3 is 4.90 Å². The maximum atomic E-state index is 12.8. The highest BCUT2D eigenvalue weighted by molar-refractivity contribution is 5.94. The van der Waals surface area contributed by atoms with Crippen LogP contribution in [0.5, 0.6) is 0 Å². The van der Waals surface area contributed by atoms with E-state index in [-0.39, 0.29) is 11.6 Å². The number of halogens is 3. The highest BCUT2D eigenvalue weighted by Crippen LogP contribution is 2.30. The first kappa shape index (κ1) is 13.9. The van der Waals surface area contributed by atoms with Crippen molar-refractivity contribution in [3.8, 4) is 0 Å². The molecule has 4 nitrogen and oxygen atoms in total. The minimum absolute atomic E-state index is 0.220. The quantitative estimate of drug-likeness (QED) is 0.811. The molecule has 2 aromatic rings. The molecule has 0 saturated carbocycles. The van der Waals surface area contributed by atoms with Crippen LogP contribution in [0.4, 0.5) is 13.2 Å². The van der Waals surface area contributed by atoms with E-state index in [1.807, 2.05) is 0 Å². The summed E-state index contributed by atoms with van der Waals surface area (Å²) in [7, 11) is 0. The van der Waals surface area contributed by atoms with Crippen molar-refractivity contribution in [1.29, 1.82) is 0 Å². The van der Waals surface area contributed by atoms with Crippen molar-refractivity contribution >= 4 is 11.6 Å². The van der Waals surface area contributed by atoms with Crippen molar-refractivity contribution in [1.82, 2.24) is 14.3 Å². The van der Waals surface area contributed by atoms with Gasteiger partial charge in [0.1, 0.15) is 11.3 Å². The Hall–Kier alpha value is -2.05. The smallest absolute Gasteiger partial charge is 0.337 e. The molecule has 3 rings (SSSR count). The molecule has 1 amide bonds. The Bertz CT molecular complexity index is 699. The Morgan fingerprint density at radius 1 is 1.24 bits per heavy atom. The summed E-state index contributed by atoms with van der Waals surface area (Å²) >= 11 is 0. The van der Waals surface area contributed by atoms with Gasteiger partial charge >= 0.3 is 6.18 Å². The molecule has 1 aliphatic heterocycles. The standard InChI is InChI=1S/C14H14F3N3O/c1-9-12(13(21)19-6-2-3-7-19)20-8-10(14(15,16)17)4-5-11(20)18-9/h4-5,8H,2-3,6-7H2,1H3. The fourth-order valence-electron chi connectivity index (χ4n) is 2.66. The summed E-state index contributed by atoms with van der Waals surface area (Å²) in [6, 6.07) is 2.27. The fraction of sp³-hybridized carbons (Fsp3) is 0.429. The first-order valence-corrected chi connectivity index (χ1v) is 6.73. The highest BCUT2D eigenvalue weighted by atomic mass is 19.4. The van der Waals surface area contributed by atoms with E-state index in [4.69, 9.17) is 0 Å².